The fourth-order valence-corrected chi connectivity index (χ4v) is 2.76. The molecule has 1 saturated heterocycles. The Morgan fingerprint density at radius 2 is 1.70 bits per heavy atom. The van der Waals surface area contributed by atoms with Gasteiger partial charge in [0.2, 0.25) is 16.7 Å². The summed E-state index contributed by atoms with van der Waals surface area (Å²) >= 11 is 0. The number of amides is 2. The lowest BCUT2D eigenvalue weighted by Crippen LogP contribution is -2.31. The second-order valence-electron chi connectivity index (χ2n) is 5.76. The van der Waals surface area contributed by atoms with Gasteiger partial charge in [0.15, 0.2) is 6.09 Å². The molecular formula is C18H12N6O6. The number of benzene rings is 2. The number of anilines is 1. The van der Waals surface area contributed by atoms with Crippen LogP contribution >= 0.6 is 0 Å². The molecule has 2 aliphatic rings. The molecule has 12 nitrogen and oxygen atoms in total. The van der Waals surface area contributed by atoms with E-state index in [0.717, 1.165) is 0 Å². The highest BCUT2D eigenvalue weighted by molar-refractivity contribution is 6.10. The Bertz CT molecular complexity index is 1130. The summed E-state index contributed by atoms with van der Waals surface area (Å²) in [4.78, 5) is 39.4. The fraction of sp³-hybridized carbons (Fsp3) is 0. The molecule has 0 aromatic heterocycles. The molecule has 1 fully saturated rings. The van der Waals surface area contributed by atoms with Crippen LogP contribution in [0.2, 0.25) is 0 Å². The maximum Gasteiger partial charge on any atom is 0.434 e. The average molecular weight is 408 g/mol. The molecule has 2 aromatic rings. The van der Waals surface area contributed by atoms with Crippen molar-refractivity contribution in [1.29, 1.82) is 0 Å². The van der Waals surface area contributed by atoms with Crippen molar-refractivity contribution in [2.45, 2.75) is 0 Å². The quantitative estimate of drug-likeness (QED) is 0.713. The molecule has 0 saturated carbocycles. The van der Waals surface area contributed by atoms with Gasteiger partial charge in [0.25, 0.3) is 5.90 Å². The topological polar surface area (TPSA) is 151 Å². The number of para-hydroxylation sites is 2. The number of nitrogens with one attached hydrogen (secondary N) is 1. The summed E-state index contributed by atoms with van der Waals surface area (Å²) in [6, 6.07) is 17.3. The lowest BCUT2D eigenvalue weighted by Gasteiger charge is -2.15. The zero-order chi connectivity index (χ0) is 21.1. The van der Waals surface area contributed by atoms with Crippen LogP contribution in [0.3, 0.4) is 0 Å². The Hall–Kier alpha value is -4.58. The molecule has 0 unspecified atom stereocenters. The third-order valence-corrected chi connectivity index (χ3v) is 3.91. The van der Waals surface area contributed by atoms with Crippen molar-refractivity contribution in [2.75, 3.05) is 5.01 Å². The molecule has 0 radical (unpaired) electrons. The fourth-order valence-electron chi connectivity index (χ4n) is 2.76. The van der Waals surface area contributed by atoms with Crippen LogP contribution in [0.4, 0.5) is 21.0 Å². The lowest BCUT2D eigenvalue weighted by molar-refractivity contribution is -0.464. The van der Waals surface area contributed by atoms with Gasteiger partial charge in [0.05, 0.1) is 5.69 Å². The van der Waals surface area contributed by atoms with Gasteiger partial charge in [-0.05, 0) is 16.8 Å². The highest BCUT2D eigenvalue weighted by Gasteiger charge is 2.46. The van der Waals surface area contributed by atoms with E-state index in [9.17, 15) is 14.7 Å². The molecule has 0 bridgehead atoms. The third-order valence-electron chi connectivity index (χ3n) is 3.91. The van der Waals surface area contributed by atoms with Gasteiger partial charge < -0.3 is 19.8 Å². The van der Waals surface area contributed by atoms with E-state index in [1.807, 2.05) is 0 Å². The number of carbonyl (C=O) groups is 2. The van der Waals surface area contributed by atoms with E-state index < -0.39 is 24.0 Å². The van der Waals surface area contributed by atoms with E-state index in [4.69, 9.17) is 14.8 Å². The Morgan fingerprint density at radius 1 is 1.03 bits per heavy atom. The van der Waals surface area contributed by atoms with E-state index in [0.29, 0.717) is 11.4 Å². The monoisotopic (exact) mass is 408 g/mol. The molecule has 2 aliphatic heterocycles. The highest BCUT2D eigenvalue weighted by atomic mass is 16.7. The van der Waals surface area contributed by atoms with Gasteiger partial charge in [-0.15, -0.1) is 4.99 Å². The Kier molecular flexibility index (Phi) is 4.88. The van der Waals surface area contributed by atoms with Crippen molar-refractivity contribution in [3.05, 3.63) is 72.1 Å². The normalized spacial score (nSPS) is 20.8. The molecule has 12 heteroatoms. The second-order valence-corrected chi connectivity index (χ2v) is 5.76. The smallest absolute Gasteiger partial charge is 0.434 e. The number of nitrogens with zero attached hydrogens (tertiary/aromatic N) is 5. The second kappa shape index (κ2) is 7.81. The minimum absolute atomic E-state index is 0.00416. The number of aliphatic imine (C=N–C) groups is 2. The molecule has 0 spiro atoms. The molecule has 0 aliphatic carbocycles. The predicted molar refractivity (Wildman–Crippen MR) is 98.3 cm³/mol. The summed E-state index contributed by atoms with van der Waals surface area (Å²) in [6.07, 6.45) is -3.30. The summed E-state index contributed by atoms with van der Waals surface area (Å²) in [7, 11) is 0. The molecule has 2 heterocycles. The molecule has 4 rings (SSSR count). The van der Waals surface area contributed by atoms with Crippen LogP contribution in [0, 0.1) is 0 Å². The van der Waals surface area contributed by atoms with Gasteiger partial charge >= 0.3 is 17.7 Å². The zero-order valence-corrected chi connectivity index (χ0v) is 15.0. The number of hydrogen-bond donors (Lipinski definition) is 2. The number of hydrogen-bond acceptors (Lipinski definition) is 8. The van der Waals surface area contributed by atoms with Crippen molar-refractivity contribution >= 4 is 35.4 Å². The van der Waals surface area contributed by atoms with Crippen molar-refractivity contribution in [3.63, 3.8) is 0 Å². The summed E-state index contributed by atoms with van der Waals surface area (Å²) in [5.74, 6) is -0.811. The molecule has 2 aromatic carbocycles. The van der Waals surface area contributed by atoms with E-state index in [1.54, 1.807) is 60.7 Å². The SMILES string of the molecule is O=C([O-])N=C1ONN(c2ccccc2)C1=C1C(=NC(=O)O)ON=[N+]1c1ccccc1. The van der Waals surface area contributed by atoms with E-state index >= 15 is 0 Å². The Labute approximate surface area is 168 Å². The summed E-state index contributed by atoms with van der Waals surface area (Å²) in [5, 5.41) is 25.5. The molecule has 2 N–H and O–H groups in total. The van der Waals surface area contributed by atoms with Crippen LogP contribution in [-0.2, 0) is 9.68 Å². The van der Waals surface area contributed by atoms with Crippen molar-refractivity contribution < 1.29 is 34.2 Å². The maximum absolute atomic E-state index is 11.2. The standard InChI is InChI=1S/C18H12N6O6/c25-17(26)19-15-13(23(21-29-15)11-7-3-1-4-8-11)14-16(20-18(27)28)30-22-24(14)12-9-5-2-6-10-12/h1-10,21H,(H-,25,26,27,28). The van der Waals surface area contributed by atoms with Gasteiger partial charge in [0.1, 0.15) is 0 Å². The number of carboxylic acid groups (broad SMARTS) is 2. The van der Waals surface area contributed by atoms with Crippen LogP contribution in [0.25, 0.3) is 0 Å². The first-order valence-electron chi connectivity index (χ1n) is 8.41. The predicted octanol–water partition coefficient (Wildman–Crippen LogP) is 1.71. The molecule has 150 valence electrons. The summed E-state index contributed by atoms with van der Waals surface area (Å²) in [6.45, 7) is 0. The van der Waals surface area contributed by atoms with Crippen molar-refractivity contribution in [1.82, 2.24) is 5.59 Å². The first-order valence-corrected chi connectivity index (χ1v) is 8.41. The minimum Gasteiger partial charge on any atom is -0.528 e. The zero-order valence-electron chi connectivity index (χ0n) is 15.0. The molecule has 30 heavy (non-hydrogen) atoms. The molecular weight excluding hydrogens is 396 g/mol. The minimum atomic E-state index is -1.77. The first kappa shape index (κ1) is 18.8. The number of hydrazine groups is 1. The van der Waals surface area contributed by atoms with Crippen LogP contribution in [0.1, 0.15) is 0 Å². The van der Waals surface area contributed by atoms with Gasteiger partial charge in [0, 0.05) is 12.1 Å². The van der Waals surface area contributed by atoms with Crippen LogP contribution in [0.5, 0.6) is 0 Å². The average Bonchev–Trinajstić information content (AvgIpc) is 3.32. The van der Waals surface area contributed by atoms with Crippen LogP contribution in [-0.4, -0.2) is 33.8 Å². The first-order chi connectivity index (χ1) is 14.5. The van der Waals surface area contributed by atoms with Crippen molar-refractivity contribution in [2.24, 2.45) is 15.3 Å². The van der Waals surface area contributed by atoms with Crippen molar-refractivity contribution in [3.8, 4) is 0 Å². The third kappa shape index (κ3) is 3.57. The van der Waals surface area contributed by atoms with E-state index in [2.05, 4.69) is 20.9 Å². The van der Waals surface area contributed by atoms with E-state index in [-0.39, 0.29) is 11.4 Å². The van der Waals surface area contributed by atoms with Gasteiger partial charge in [-0.3, -0.25) is 4.84 Å². The van der Waals surface area contributed by atoms with Gasteiger partial charge in [-0.25, -0.2) is 9.80 Å². The lowest BCUT2D eigenvalue weighted by atomic mass is 10.2. The largest absolute Gasteiger partial charge is 0.528 e. The Morgan fingerprint density at radius 3 is 2.33 bits per heavy atom. The summed E-state index contributed by atoms with van der Waals surface area (Å²) in [5.41, 5.74) is 3.52. The van der Waals surface area contributed by atoms with E-state index in [1.165, 1.54) is 9.71 Å². The maximum atomic E-state index is 11.2. The van der Waals surface area contributed by atoms with Gasteiger partial charge in [-0.1, -0.05) is 42.0 Å². The Balaban J connectivity index is 1.98. The van der Waals surface area contributed by atoms with Crippen LogP contribution < -0.4 is 15.7 Å². The highest BCUT2D eigenvalue weighted by Crippen LogP contribution is 2.32. The van der Waals surface area contributed by atoms with Gasteiger partial charge in [-0.2, -0.15) is 4.99 Å². The summed E-state index contributed by atoms with van der Waals surface area (Å²) < 4.78 is 1.24. The number of rotatable bonds is 2. The number of carbonyl (C=O) groups excluding carboxylic acids is 1. The molecule has 0 atom stereocenters. The molecule has 2 amide bonds. The van der Waals surface area contributed by atoms with Crippen LogP contribution in [0.15, 0.2) is 87.3 Å².